The molecule has 0 saturated carbocycles. The lowest BCUT2D eigenvalue weighted by atomic mass is 9.99. The minimum absolute atomic E-state index is 0.0382. The number of fused-ring (bicyclic) bond motifs is 1. The Balaban J connectivity index is 1.62. The van der Waals surface area contributed by atoms with Crippen molar-refractivity contribution in [2.45, 2.75) is 25.9 Å². The standard InChI is InChI=1S/C19H19ClN4OS/c1-12-9-16-15(18(22-21-16)17-7-4-8-26-17)11-24(12)19(25)23(2)14-6-3-5-13(20)10-14/h3-8,10,12H,9,11H2,1-2H3,(H,21,22). The van der Waals surface area contributed by atoms with Crippen LogP contribution in [0, 0.1) is 0 Å². The SMILES string of the molecule is CC1Cc2[nH]nc(-c3cccs3)c2CN1C(=O)N(C)c1cccc(Cl)c1. The molecule has 134 valence electrons. The van der Waals surface area contributed by atoms with E-state index in [1.807, 2.05) is 28.5 Å². The van der Waals surface area contributed by atoms with Crippen molar-refractivity contribution in [3.63, 3.8) is 0 Å². The number of rotatable bonds is 2. The zero-order valence-electron chi connectivity index (χ0n) is 14.6. The highest BCUT2D eigenvalue weighted by Gasteiger charge is 2.32. The van der Waals surface area contributed by atoms with Gasteiger partial charge in [-0.2, -0.15) is 5.10 Å². The van der Waals surface area contributed by atoms with E-state index in [0.29, 0.717) is 11.6 Å². The number of aromatic amines is 1. The summed E-state index contributed by atoms with van der Waals surface area (Å²) in [7, 11) is 1.78. The van der Waals surface area contributed by atoms with Crippen LogP contribution in [0.25, 0.3) is 10.6 Å². The van der Waals surface area contributed by atoms with E-state index in [1.54, 1.807) is 35.4 Å². The van der Waals surface area contributed by atoms with Crippen LogP contribution < -0.4 is 4.90 Å². The van der Waals surface area contributed by atoms with Gasteiger partial charge in [-0.15, -0.1) is 11.3 Å². The second-order valence-electron chi connectivity index (χ2n) is 6.51. The molecule has 0 saturated heterocycles. The van der Waals surface area contributed by atoms with Crippen molar-refractivity contribution >= 4 is 34.7 Å². The number of H-pyrrole nitrogens is 1. The molecule has 0 spiro atoms. The largest absolute Gasteiger partial charge is 0.324 e. The molecule has 2 aromatic heterocycles. The molecule has 0 fully saturated rings. The maximum atomic E-state index is 13.1. The van der Waals surface area contributed by atoms with Gasteiger partial charge in [-0.25, -0.2) is 4.79 Å². The summed E-state index contributed by atoms with van der Waals surface area (Å²) in [6.45, 7) is 2.61. The fraction of sp³-hybridized carbons (Fsp3) is 0.263. The van der Waals surface area contributed by atoms with Crippen molar-refractivity contribution < 1.29 is 4.79 Å². The fourth-order valence-corrected chi connectivity index (χ4v) is 4.26. The van der Waals surface area contributed by atoms with E-state index in [2.05, 4.69) is 23.2 Å². The molecule has 5 nitrogen and oxygen atoms in total. The van der Waals surface area contributed by atoms with Gasteiger partial charge >= 0.3 is 6.03 Å². The molecule has 3 aromatic rings. The molecule has 2 amide bonds. The first-order chi connectivity index (χ1) is 12.5. The van der Waals surface area contributed by atoms with Crippen LogP contribution in [0.1, 0.15) is 18.2 Å². The van der Waals surface area contributed by atoms with Crippen molar-refractivity contribution in [3.05, 3.63) is 58.1 Å². The van der Waals surface area contributed by atoms with Crippen LogP contribution in [-0.4, -0.2) is 34.2 Å². The van der Waals surface area contributed by atoms with Gasteiger partial charge in [0, 0.05) is 41.5 Å². The lowest BCUT2D eigenvalue weighted by Crippen LogP contribution is -2.48. The summed E-state index contributed by atoms with van der Waals surface area (Å²) < 4.78 is 0. The highest BCUT2D eigenvalue weighted by atomic mass is 35.5. The lowest BCUT2D eigenvalue weighted by molar-refractivity contribution is 0.176. The summed E-state index contributed by atoms with van der Waals surface area (Å²) in [5.41, 5.74) is 3.96. The van der Waals surface area contributed by atoms with Crippen molar-refractivity contribution in [2.24, 2.45) is 0 Å². The molecule has 0 radical (unpaired) electrons. The molecule has 1 aromatic carbocycles. The number of carbonyl (C=O) groups is 1. The quantitative estimate of drug-likeness (QED) is 0.688. The van der Waals surface area contributed by atoms with Crippen LogP contribution in [0.15, 0.2) is 41.8 Å². The summed E-state index contributed by atoms with van der Waals surface area (Å²) >= 11 is 7.73. The predicted octanol–water partition coefficient (Wildman–Crippen LogP) is 4.79. The van der Waals surface area contributed by atoms with Crippen molar-refractivity contribution in [2.75, 3.05) is 11.9 Å². The summed E-state index contributed by atoms with van der Waals surface area (Å²) in [6.07, 6.45) is 0.767. The Morgan fingerprint density at radius 1 is 1.38 bits per heavy atom. The Hall–Kier alpha value is -2.31. The molecule has 1 aliphatic heterocycles. The van der Waals surface area contributed by atoms with Crippen molar-refractivity contribution in [1.29, 1.82) is 0 Å². The Kier molecular flexibility index (Phi) is 4.46. The predicted molar refractivity (Wildman–Crippen MR) is 106 cm³/mol. The number of nitrogens with one attached hydrogen (secondary N) is 1. The first kappa shape index (κ1) is 17.1. The summed E-state index contributed by atoms with van der Waals surface area (Å²) in [6, 6.07) is 11.5. The van der Waals surface area contributed by atoms with Crippen LogP contribution in [0.4, 0.5) is 10.5 Å². The van der Waals surface area contributed by atoms with Crippen LogP contribution >= 0.6 is 22.9 Å². The van der Waals surface area contributed by atoms with Crippen LogP contribution in [0.2, 0.25) is 5.02 Å². The van der Waals surface area contributed by atoms with E-state index in [4.69, 9.17) is 11.6 Å². The normalized spacial score (nSPS) is 16.4. The molecule has 26 heavy (non-hydrogen) atoms. The number of nitrogens with zero attached hydrogens (tertiary/aromatic N) is 3. The molecule has 0 aliphatic carbocycles. The molecule has 1 N–H and O–H groups in total. The average Bonchev–Trinajstić information content (AvgIpc) is 3.28. The van der Waals surface area contributed by atoms with Gasteiger partial charge in [0.05, 0.1) is 11.4 Å². The topological polar surface area (TPSA) is 52.2 Å². The molecule has 7 heteroatoms. The number of thiophene rings is 1. The third-order valence-corrected chi connectivity index (χ3v) is 5.91. The van der Waals surface area contributed by atoms with Gasteiger partial charge in [0.1, 0.15) is 5.69 Å². The lowest BCUT2D eigenvalue weighted by Gasteiger charge is -2.36. The molecule has 3 heterocycles. The summed E-state index contributed by atoms with van der Waals surface area (Å²) in [4.78, 5) is 17.8. The van der Waals surface area contributed by atoms with E-state index in [1.165, 1.54) is 0 Å². The van der Waals surface area contributed by atoms with Crippen LogP contribution in [-0.2, 0) is 13.0 Å². The van der Waals surface area contributed by atoms with Gasteiger partial charge in [0.2, 0.25) is 0 Å². The molecule has 0 bridgehead atoms. The van der Waals surface area contributed by atoms with Gasteiger partial charge in [0.15, 0.2) is 0 Å². The van der Waals surface area contributed by atoms with Gasteiger partial charge in [-0.05, 0) is 36.6 Å². The smallest absolute Gasteiger partial charge is 0.317 e. The zero-order valence-corrected chi connectivity index (χ0v) is 16.1. The van der Waals surface area contributed by atoms with Gasteiger partial charge < -0.3 is 4.90 Å². The van der Waals surface area contributed by atoms with Gasteiger partial charge in [-0.1, -0.05) is 23.7 Å². The first-order valence-corrected chi connectivity index (χ1v) is 9.70. The van der Waals surface area contributed by atoms with Crippen molar-refractivity contribution in [3.8, 4) is 10.6 Å². The molecule has 4 rings (SSSR count). The number of amides is 2. The van der Waals surface area contributed by atoms with Crippen LogP contribution in [0.3, 0.4) is 0 Å². The number of urea groups is 1. The minimum Gasteiger partial charge on any atom is -0.317 e. The monoisotopic (exact) mass is 386 g/mol. The van der Waals surface area contributed by atoms with E-state index in [9.17, 15) is 4.79 Å². The molecule has 1 aliphatic rings. The van der Waals surface area contributed by atoms with Crippen molar-refractivity contribution in [1.82, 2.24) is 15.1 Å². The fourth-order valence-electron chi connectivity index (χ4n) is 3.33. The Morgan fingerprint density at radius 2 is 2.23 bits per heavy atom. The molecular formula is C19H19ClN4OS. The van der Waals surface area contributed by atoms with Gasteiger partial charge in [0.25, 0.3) is 0 Å². The Bertz CT molecular complexity index is 937. The summed E-state index contributed by atoms with van der Waals surface area (Å²) in [5, 5.41) is 10.3. The number of benzene rings is 1. The maximum absolute atomic E-state index is 13.1. The third kappa shape index (κ3) is 2.99. The number of aromatic nitrogens is 2. The highest BCUT2D eigenvalue weighted by molar-refractivity contribution is 7.13. The van der Waals surface area contributed by atoms with E-state index < -0.39 is 0 Å². The molecular weight excluding hydrogens is 368 g/mol. The number of hydrogen-bond donors (Lipinski definition) is 1. The van der Waals surface area contributed by atoms with E-state index >= 15 is 0 Å². The third-order valence-electron chi connectivity index (χ3n) is 4.80. The minimum atomic E-state index is -0.0382. The Labute approximate surface area is 161 Å². The number of carbonyl (C=O) groups excluding carboxylic acids is 1. The van der Waals surface area contributed by atoms with E-state index in [0.717, 1.165) is 33.9 Å². The Morgan fingerprint density at radius 3 is 2.96 bits per heavy atom. The van der Waals surface area contributed by atoms with Crippen LogP contribution in [0.5, 0.6) is 0 Å². The van der Waals surface area contributed by atoms with E-state index in [-0.39, 0.29) is 12.1 Å². The summed E-state index contributed by atoms with van der Waals surface area (Å²) in [5.74, 6) is 0. The number of hydrogen-bond acceptors (Lipinski definition) is 3. The first-order valence-electron chi connectivity index (χ1n) is 8.44. The zero-order chi connectivity index (χ0) is 18.3. The maximum Gasteiger partial charge on any atom is 0.324 e. The molecule has 1 unspecified atom stereocenters. The number of anilines is 1. The number of halogens is 1. The highest BCUT2D eigenvalue weighted by Crippen LogP contribution is 2.33. The molecule has 1 atom stereocenters. The second kappa shape index (κ2) is 6.78. The van der Waals surface area contributed by atoms with Gasteiger partial charge in [-0.3, -0.25) is 10.00 Å². The second-order valence-corrected chi connectivity index (χ2v) is 7.89. The average molecular weight is 387 g/mol.